The number of hydrogen-bond acceptors (Lipinski definition) is 3. The monoisotopic (exact) mass is 263 g/mol. The van der Waals surface area contributed by atoms with Crippen LogP contribution in [-0.2, 0) is 0 Å². The van der Waals surface area contributed by atoms with Gasteiger partial charge in [0.25, 0.3) is 5.91 Å². The highest BCUT2D eigenvalue weighted by atomic mass is 19.1. The molecule has 0 atom stereocenters. The summed E-state index contributed by atoms with van der Waals surface area (Å²) in [6.07, 6.45) is 0. The molecule has 0 aliphatic heterocycles. The van der Waals surface area contributed by atoms with Crippen LogP contribution in [0.5, 0.6) is 0 Å². The highest BCUT2D eigenvalue weighted by Gasteiger charge is 2.15. The zero-order valence-corrected chi connectivity index (χ0v) is 10.1. The lowest BCUT2D eigenvalue weighted by Crippen LogP contribution is -2.40. The van der Waals surface area contributed by atoms with Crippen LogP contribution >= 0.6 is 0 Å². The molecule has 0 heterocycles. The molecule has 19 heavy (non-hydrogen) atoms. The molecule has 1 amide bonds. The fourth-order valence-corrected chi connectivity index (χ4v) is 1.87. The van der Waals surface area contributed by atoms with E-state index >= 15 is 0 Å². The molecule has 0 saturated carbocycles. The van der Waals surface area contributed by atoms with Gasteiger partial charge in [-0.25, -0.2) is 4.39 Å². The molecule has 0 spiro atoms. The van der Waals surface area contributed by atoms with Crippen LogP contribution in [0.15, 0.2) is 36.4 Å². The first-order valence-corrected chi connectivity index (χ1v) is 5.87. The molecule has 2 rings (SSSR count). The number of halogens is 1. The van der Waals surface area contributed by atoms with Gasteiger partial charge in [-0.1, -0.05) is 24.3 Å². The Bertz CT molecular complexity index is 596. The number of carbonyl (C=O) groups is 1. The summed E-state index contributed by atoms with van der Waals surface area (Å²) < 4.78 is 13.6. The maximum atomic E-state index is 13.6. The van der Waals surface area contributed by atoms with Gasteiger partial charge in [0.2, 0.25) is 0 Å². The van der Waals surface area contributed by atoms with Crippen molar-refractivity contribution in [1.82, 2.24) is 5.32 Å². The minimum Gasteiger partial charge on any atom is -0.394 e. The quantitative estimate of drug-likeness (QED) is 0.772. The van der Waals surface area contributed by atoms with E-state index in [1.807, 2.05) is 0 Å². The summed E-state index contributed by atoms with van der Waals surface area (Å²) in [6, 6.07) is 8.54. The first-order valence-electron chi connectivity index (χ1n) is 5.87. The van der Waals surface area contributed by atoms with Crippen molar-refractivity contribution in [3.05, 3.63) is 47.8 Å². The fraction of sp³-hybridized carbons (Fsp3) is 0.214. The van der Waals surface area contributed by atoms with Crippen LogP contribution in [0.2, 0.25) is 0 Å². The Labute approximate surface area is 109 Å². The standard InChI is InChI=1S/C14H14FNO3/c15-13-6-5-12(10-3-1-2-4-11(10)13)14(19)16-9(7-17)8-18/h1-6,9,17-18H,7-8H2,(H,16,19). The SMILES string of the molecule is O=C(NC(CO)CO)c1ccc(F)c2ccccc12. The Hall–Kier alpha value is -1.98. The van der Waals surface area contributed by atoms with Crippen molar-refractivity contribution in [3.63, 3.8) is 0 Å². The normalized spacial score (nSPS) is 10.9. The number of benzene rings is 2. The Balaban J connectivity index is 2.40. The van der Waals surface area contributed by atoms with Crippen molar-refractivity contribution < 1.29 is 19.4 Å². The Kier molecular flexibility index (Phi) is 4.09. The maximum Gasteiger partial charge on any atom is 0.252 e. The number of nitrogens with one attached hydrogen (secondary N) is 1. The maximum absolute atomic E-state index is 13.6. The third kappa shape index (κ3) is 2.72. The molecule has 2 aromatic carbocycles. The molecule has 0 radical (unpaired) electrons. The molecule has 4 nitrogen and oxygen atoms in total. The van der Waals surface area contributed by atoms with Gasteiger partial charge in [0.1, 0.15) is 5.82 Å². The first-order chi connectivity index (χ1) is 9.17. The number of rotatable bonds is 4. The van der Waals surface area contributed by atoms with E-state index in [0.29, 0.717) is 16.3 Å². The second-order valence-electron chi connectivity index (χ2n) is 4.18. The molecule has 2 aromatic rings. The molecular weight excluding hydrogens is 249 g/mol. The van der Waals surface area contributed by atoms with Gasteiger partial charge >= 0.3 is 0 Å². The summed E-state index contributed by atoms with van der Waals surface area (Å²) in [6.45, 7) is -0.720. The molecule has 3 N–H and O–H groups in total. The molecular formula is C14H14FNO3. The zero-order chi connectivity index (χ0) is 13.8. The lowest BCUT2D eigenvalue weighted by Gasteiger charge is -2.14. The largest absolute Gasteiger partial charge is 0.394 e. The number of carbonyl (C=O) groups excluding carboxylic acids is 1. The van der Waals surface area contributed by atoms with Crippen LogP contribution in [-0.4, -0.2) is 35.4 Å². The summed E-state index contributed by atoms with van der Waals surface area (Å²) in [7, 11) is 0. The summed E-state index contributed by atoms with van der Waals surface area (Å²) in [5.74, 6) is -0.850. The van der Waals surface area contributed by atoms with Crippen LogP contribution in [0.1, 0.15) is 10.4 Å². The van der Waals surface area contributed by atoms with Crippen LogP contribution in [0, 0.1) is 5.82 Å². The van der Waals surface area contributed by atoms with Gasteiger partial charge in [0.15, 0.2) is 0 Å². The second kappa shape index (κ2) is 5.77. The van der Waals surface area contributed by atoms with Crippen molar-refractivity contribution in [3.8, 4) is 0 Å². The number of fused-ring (bicyclic) bond motifs is 1. The number of amides is 1. The smallest absolute Gasteiger partial charge is 0.252 e. The summed E-state index contributed by atoms with van der Waals surface area (Å²) in [4.78, 5) is 12.0. The fourth-order valence-electron chi connectivity index (χ4n) is 1.87. The lowest BCUT2D eigenvalue weighted by molar-refractivity contribution is 0.0881. The molecule has 0 bridgehead atoms. The van der Waals surface area contributed by atoms with E-state index in [0.717, 1.165) is 0 Å². The molecule has 5 heteroatoms. The van der Waals surface area contributed by atoms with Gasteiger partial charge in [-0.15, -0.1) is 0 Å². The average Bonchev–Trinajstić information content (AvgIpc) is 2.45. The molecule has 100 valence electrons. The third-order valence-electron chi connectivity index (χ3n) is 2.89. The Morgan fingerprint density at radius 3 is 2.37 bits per heavy atom. The van der Waals surface area contributed by atoms with E-state index in [9.17, 15) is 9.18 Å². The molecule has 0 unspecified atom stereocenters. The van der Waals surface area contributed by atoms with E-state index in [-0.39, 0.29) is 13.2 Å². The van der Waals surface area contributed by atoms with E-state index in [1.165, 1.54) is 12.1 Å². The van der Waals surface area contributed by atoms with Crippen LogP contribution in [0.25, 0.3) is 10.8 Å². The number of hydrogen-bond donors (Lipinski definition) is 3. The highest BCUT2D eigenvalue weighted by molar-refractivity contribution is 6.07. The van der Waals surface area contributed by atoms with Gasteiger partial charge < -0.3 is 15.5 Å². The zero-order valence-electron chi connectivity index (χ0n) is 10.1. The van der Waals surface area contributed by atoms with Gasteiger partial charge in [-0.2, -0.15) is 0 Å². The minimum atomic E-state index is -0.726. The minimum absolute atomic E-state index is 0.309. The van der Waals surface area contributed by atoms with E-state index < -0.39 is 17.8 Å². The predicted molar refractivity (Wildman–Crippen MR) is 69.3 cm³/mol. The molecule has 0 fully saturated rings. The molecule has 0 aliphatic carbocycles. The van der Waals surface area contributed by atoms with Crippen molar-refractivity contribution in [2.45, 2.75) is 6.04 Å². The topological polar surface area (TPSA) is 69.6 Å². The van der Waals surface area contributed by atoms with Crippen molar-refractivity contribution in [2.24, 2.45) is 0 Å². The lowest BCUT2D eigenvalue weighted by atomic mass is 10.0. The number of aliphatic hydroxyl groups is 2. The van der Waals surface area contributed by atoms with E-state index in [1.54, 1.807) is 24.3 Å². The van der Waals surface area contributed by atoms with Gasteiger partial charge in [-0.3, -0.25) is 4.79 Å². The van der Waals surface area contributed by atoms with Gasteiger partial charge in [0, 0.05) is 10.9 Å². The third-order valence-corrected chi connectivity index (χ3v) is 2.89. The molecule has 0 saturated heterocycles. The van der Waals surface area contributed by atoms with Crippen molar-refractivity contribution >= 4 is 16.7 Å². The van der Waals surface area contributed by atoms with Crippen LogP contribution in [0.3, 0.4) is 0 Å². The Morgan fingerprint density at radius 2 is 1.74 bits per heavy atom. The van der Waals surface area contributed by atoms with Crippen molar-refractivity contribution in [1.29, 1.82) is 0 Å². The van der Waals surface area contributed by atoms with Crippen LogP contribution in [0.4, 0.5) is 4.39 Å². The van der Waals surface area contributed by atoms with E-state index in [4.69, 9.17) is 10.2 Å². The molecule has 0 aromatic heterocycles. The predicted octanol–water partition coefficient (Wildman–Crippen LogP) is 1.06. The first kappa shape index (κ1) is 13.5. The highest BCUT2D eigenvalue weighted by Crippen LogP contribution is 2.21. The van der Waals surface area contributed by atoms with Gasteiger partial charge in [-0.05, 0) is 17.5 Å². The van der Waals surface area contributed by atoms with Crippen LogP contribution < -0.4 is 5.32 Å². The van der Waals surface area contributed by atoms with E-state index in [2.05, 4.69) is 5.32 Å². The number of aliphatic hydroxyl groups excluding tert-OH is 2. The summed E-state index contributed by atoms with van der Waals surface area (Å²) >= 11 is 0. The summed E-state index contributed by atoms with van der Waals surface area (Å²) in [5, 5.41) is 21.2. The molecule has 0 aliphatic rings. The summed E-state index contributed by atoms with van der Waals surface area (Å²) in [5.41, 5.74) is 0.309. The second-order valence-corrected chi connectivity index (χ2v) is 4.18. The Morgan fingerprint density at radius 1 is 1.11 bits per heavy atom. The average molecular weight is 263 g/mol. The van der Waals surface area contributed by atoms with Crippen molar-refractivity contribution in [2.75, 3.05) is 13.2 Å². The van der Waals surface area contributed by atoms with Gasteiger partial charge in [0.05, 0.1) is 19.3 Å².